The van der Waals surface area contributed by atoms with Gasteiger partial charge in [-0.2, -0.15) is 0 Å². The fourth-order valence-electron chi connectivity index (χ4n) is 7.51. The topological polar surface area (TPSA) is 201 Å². The third-order valence-corrected chi connectivity index (χ3v) is 10.5. The highest BCUT2D eigenvalue weighted by Gasteiger charge is 2.87. The van der Waals surface area contributed by atoms with E-state index in [0.717, 1.165) is 18.4 Å². The maximum atomic E-state index is 15.3. The van der Waals surface area contributed by atoms with Crippen LogP contribution in [0.4, 0.5) is 4.79 Å². The van der Waals surface area contributed by atoms with Crippen LogP contribution in [0.1, 0.15) is 121 Å². The van der Waals surface area contributed by atoms with E-state index in [2.05, 4.69) is 11.9 Å². The number of esters is 4. The average Bonchev–Trinajstić information content (AvgIpc) is 3.93. The molecule has 2 unspecified atom stereocenters. The highest BCUT2D eigenvalue weighted by atomic mass is 16.8. The van der Waals surface area contributed by atoms with Crippen LogP contribution in [0, 0.1) is 11.8 Å². The molecule has 2 bridgehead atoms. The molecule has 16 heteroatoms. The van der Waals surface area contributed by atoms with Gasteiger partial charge in [0.1, 0.15) is 22.9 Å². The van der Waals surface area contributed by atoms with Crippen LogP contribution in [-0.4, -0.2) is 113 Å². The van der Waals surface area contributed by atoms with Crippen molar-refractivity contribution in [3.63, 3.8) is 0 Å². The zero-order valence-corrected chi connectivity index (χ0v) is 39.0. The number of nitrogens with one attached hydrogen (secondary N) is 1. The molecular weight excluding hydrogens is 806 g/mol. The van der Waals surface area contributed by atoms with Gasteiger partial charge in [0, 0.05) is 32.9 Å². The third kappa shape index (κ3) is 11.9. The van der Waals surface area contributed by atoms with E-state index < -0.39 is 94.0 Å². The van der Waals surface area contributed by atoms with Crippen LogP contribution >= 0.6 is 0 Å². The molecule has 4 rings (SSSR count). The molecule has 16 nitrogen and oxygen atoms in total. The number of methoxy groups -OCH3 is 1. The predicted molar refractivity (Wildman–Crippen MR) is 224 cm³/mol. The van der Waals surface area contributed by atoms with Gasteiger partial charge in [-0.05, 0) is 119 Å². The number of amides is 1. The van der Waals surface area contributed by atoms with Crippen molar-refractivity contribution in [2.24, 2.45) is 11.8 Å². The molecule has 62 heavy (non-hydrogen) atoms. The van der Waals surface area contributed by atoms with Crippen molar-refractivity contribution in [2.45, 2.75) is 186 Å². The molecule has 3 aliphatic rings. The number of benzene rings is 1. The number of hydrogen-bond donors (Lipinski definition) is 2. The molecule has 1 aromatic rings. The van der Waals surface area contributed by atoms with Crippen LogP contribution in [-0.2, 0) is 68.2 Å². The molecule has 2 saturated heterocycles. The molecule has 2 aliphatic heterocycles. The lowest BCUT2D eigenvalue weighted by molar-refractivity contribution is -0.387. The second-order valence-corrected chi connectivity index (χ2v) is 20.1. The summed E-state index contributed by atoms with van der Waals surface area (Å²) in [7, 11) is 1.34. The van der Waals surface area contributed by atoms with Crippen molar-refractivity contribution in [3.8, 4) is 0 Å². The van der Waals surface area contributed by atoms with Gasteiger partial charge >= 0.3 is 30.0 Å². The van der Waals surface area contributed by atoms with Crippen LogP contribution in [0.5, 0.6) is 0 Å². The molecule has 1 amide bonds. The van der Waals surface area contributed by atoms with E-state index in [1.54, 1.807) is 20.8 Å². The molecule has 8 atom stereocenters. The van der Waals surface area contributed by atoms with E-state index in [1.165, 1.54) is 69.4 Å². The Kier molecular flexibility index (Phi) is 15.1. The maximum Gasteiger partial charge on any atom is 0.407 e. The van der Waals surface area contributed by atoms with Gasteiger partial charge in [-0.25, -0.2) is 19.2 Å². The SMILES string of the molecule is C=C(CC[C@@]12O[C@H](C(=O)OC(C)(C)C)[C@@](O)(C(=O)OC(C)(C)C)[C@@](C(=O)OC(C)(C)C)(O1)[C@H](OC(=O)NCC1CC1)[C@H]2OC(C)(C)OC)C(OC(C)=O)C(C)Cc1ccccc1. The number of carbonyl (C=O) groups is 5. The molecule has 1 aromatic carbocycles. The summed E-state index contributed by atoms with van der Waals surface area (Å²) in [4.78, 5) is 71.2. The molecule has 0 spiro atoms. The Labute approximate surface area is 365 Å². The Bertz CT molecular complexity index is 1810. The Hall–Kier alpha value is -4.09. The van der Waals surface area contributed by atoms with Crippen molar-refractivity contribution < 1.29 is 71.7 Å². The zero-order chi connectivity index (χ0) is 46.9. The highest BCUT2D eigenvalue weighted by molar-refractivity contribution is 6.00. The van der Waals surface area contributed by atoms with E-state index in [1.807, 2.05) is 37.3 Å². The number of alkyl carbamates (subject to hydrolysis) is 1. The van der Waals surface area contributed by atoms with Gasteiger partial charge in [-0.15, -0.1) is 0 Å². The van der Waals surface area contributed by atoms with Gasteiger partial charge in [-0.3, -0.25) is 4.79 Å². The molecule has 1 saturated carbocycles. The smallest absolute Gasteiger partial charge is 0.407 e. The summed E-state index contributed by atoms with van der Waals surface area (Å²) >= 11 is 0. The lowest BCUT2D eigenvalue weighted by Crippen LogP contribution is -2.79. The fraction of sp³-hybridized carbons (Fsp3) is 0.717. The molecule has 1 aliphatic carbocycles. The highest BCUT2D eigenvalue weighted by Crippen LogP contribution is 2.59. The Morgan fingerprint density at radius 1 is 0.871 bits per heavy atom. The molecule has 348 valence electrons. The number of hydrogen-bond acceptors (Lipinski definition) is 15. The van der Waals surface area contributed by atoms with Gasteiger partial charge in [0.15, 0.2) is 18.0 Å². The summed E-state index contributed by atoms with van der Waals surface area (Å²) in [6.07, 6.45) is -6.44. The van der Waals surface area contributed by atoms with Crippen LogP contribution in [0.15, 0.2) is 42.5 Å². The summed E-state index contributed by atoms with van der Waals surface area (Å²) in [5.74, 6) is -8.88. The summed E-state index contributed by atoms with van der Waals surface area (Å²) in [6, 6.07) is 9.59. The number of ether oxygens (including phenoxy) is 9. The number of aliphatic hydroxyl groups is 1. The summed E-state index contributed by atoms with van der Waals surface area (Å²) in [5, 5.41) is 16.0. The first kappa shape index (κ1) is 50.6. The molecule has 0 radical (unpaired) electrons. The molecule has 3 fully saturated rings. The molecule has 0 aromatic heterocycles. The van der Waals surface area contributed by atoms with Crippen molar-refractivity contribution >= 4 is 30.0 Å². The minimum absolute atomic E-state index is 0.0960. The Balaban J connectivity index is 2.02. The molecule has 2 heterocycles. The summed E-state index contributed by atoms with van der Waals surface area (Å²) in [5.41, 5.74) is -9.18. The van der Waals surface area contributed by atoms with Gasteiger partial charge in [0.25, 0.3) is 5.60 Å². The Morgan fingerprint density at radius 3 is 1.95 bits per heavy atom. The lowest BCUT2D eigenvalue weighted by atomic mass is 9.74. The molecule has 2 N–H and O–H groups in total. The summed E-state index contributed by atoms with van der Waals surface area (Å²) < 4.78 is 55.2. The van der Waals surface area contributed by atoms with E-state index in [-0.39, 0.29) is 31.2 Å². The normalized spacial score (nSPS) is 27.3. The Morgan fingerprint density at radius 2 is 1.44 bits per heavy atom. The van der Waals surface area contributed by atoms with Crippen molar-refractivity contribution in [1.82, 2.24) is 5.32 Å². The third-order valence-electron chi connectivity index (χ3n) is 10.5. The number of carbonyl (C=O) groups excluding carboxylic acids is 5. The van der Waals surface area contributed by atoms with Gasteiger partial charge in [0.05, 0.1) is 0 Å². The van der Waals surface area contributed by atoms with Crippen LogP contribution in [0.25, 0.3) is 0 Å². The van der Waals surface area contributed by atoms with Crippen LogP contribution < -0.4 is 5.32 Å². The first-order valence-corrected chi connectivity index (χ1v) is 21.2. The minimum atomic E-state index is -3.49. The molecular formula is C46H69NO15. The van der Waals surface area contributed by atoms with E-state index in [4.69, 9.17) is 42.6 Å². The van der Waals surface area contributed by atoms with Crippen molar-refractivity contribution in [2.75, 3.05) is 13.7 Å². The van der Waals surface area contributed by atoms with E-state index in [9.17, 15) is 24.3 Å². The van der Waals surface area contributed by atoms with Gasteiger partial charge in [-0.1, -0.05) is 43.8 Å². The van der Waals surface area contributed by atoms with Gasteiger partial charge < -0.3 is 53.1 Å². The predicted octanol–water partition coefficient (Wildman–Crippen LogP) is 6.03. The second kappa shape index (κ2) is 18.6. The zero-order valence-electron chi connectivity index (χ0n) is 39.0. The standard InChI is InChI=1S/C46H69NO15/c1-27(32(55-29(3)48)28(2)25-30-19-17-16-18-20-30)23-24-44-33(57-43(13,14)54-15)34(56-39(52)47-26-31-21-22-31)46(62-44,38(51)61-42(10,11)12)45(53,37(50)60-41(7,8)9)35(58-44)36(49)59-40(4,5)6/h16-20,28,31-35,53H,1,21-26H2,2-15H3,(H,47,52)/t28?,32?,33-,34-,35-,44-,45-,46-/m1/s1. The maximum absolute atomic E-state index is 15.3. The van der Waals surface area contributed by atoms with E-state index in [0.29, 0.717) is 12.0 Å². The van der Waals surface area contributed by atoms with E-state index >= 15 is 4.79 Å². The van der Waals surface area contributed by atoms with Crippen molar-refractivity contribution in [1.29, 1.82) is 0 Å². The number of rotatable bonds is 17. The van der Waals surface area contributed by atoms with Crippen molar-refractivity contribution in [3.05, 3.63) is 48.0 Å². The number of fused-ring (bicyclic) bond motifs is 2. The summed E-state index contributed by atoms with van der Waals surface area (Å²) in [6.45, 7) is 24.6. The quantitative estimate of drug-likeness (QED) is 0.0795. The second-order valence-electron chi connectivity index (χ2n) is 20.1. The minimum Gasteiger partial charge on any atom is -0.458 e. The van der Waals surface area contributed by atoms with Crippen LogP contribution in [0.2, 0.25) is 0 Å². The fourth-order valence-corrected chi connectivity index (χ4v) is 7.51. The lowest BCUT2D eigenvalue weighted by Gasteiger charge is -2.51. The van der Waals surface area contributed by atoms with Crippen LogP contribution in [0.3, 0.4) is 0 Å². The monoisotopic (exact) mass is 875 g/mol. The largest absolute Gasteiger partial charge is 0.458 e. The average molecular weight is 876 g/mol. The first-order valence-electron chi connectivity index (χ1n) is 21.2. The first-order chi connectivity index (χ1) is 28.4. The van der Waals surface area contributed by atoms with Gasteiger partial charge in [0.2, 0.25) is 17.5 Å².